The third kappa shape index (κ3) is 4.28. The third-order valence-corrected chi connectivity index (χ3v) is 7.55. The summed E-state index contributed by atoms with van der Waals surface area (Å²) in [5.74, 6) is 0.351. The van der Waals surface area contributed by atoms with Gasteiger partial charge in [-0.1, -0.05) is 0 Å². The molecule has 0 saturated carbocycles. The topological polar surface area (TPSA) is 119 Å². The Labute approximate surface area is 196 Å². The van der Waals surface area contributed by atoms with E-state index in [1.807, 2.05) is 9.80 Å². The van der Waals surface area contributed by atoms with Crippen LogP contribution in [0.3, 0.4) is 0 Å². The average Bonchev–Trinajstić information content (AvgIpc) is 3.20. The summed E-state index contributed by atoms with van der Waals surface area (Å²) in [6.07, 6.45) is 3.86. The van der Waals surface area contributed by atoms with Gasteiger partial charge in [0.1, 0.15) is 28.6 Å². The van der Waals surface area contributed by atoms with Gasteiger partial charge in [0.05, 0.1) is 11.6 Å². The molecule has 1 amide bonds. The number of likely N-dealkylation sites (tertiary alicyclic amines) is 1. The molecule has 0 spiro atoms. The first kappa shape index (κ1) is 22.5. The van der Waals surface area contributed by atoms with Crippen molar-refractivity contribution in [1.82, 2.24) is 14.9 Å². The maximum absolute atomic E-state index is 13.1. The molecule has 3 aromatic rings. The monoisotopic (exact) mass is 485 g/mol. The summed E-state index contributed by atoms with van der Waals surface area (Å²) in [4.78, 5) is 24.9. The van der Waals surface area contributed by atoms with Gasteiger partial charge in [0, 0.05) is 43.5 Å². The molecule has 2 saturated heterocycles. The molecule has 9 nitrogen and oxygen atoms in total. The number of hydrogen-bond donors (Lipinski definition) is 1. The normalized spacial score (nSPS) is 21.3. The van der Waals surface area contributed by atoms with Gasteiger partial charge in [-0.05, 0) is 49.2 Å². The largest absolute Gasteiger partial charge is 0.379 e. The quantitative estimate of drug-likeness (QED) is 0.546. The van der Waals surface area contributed by atoms with E-state index >= 15 is 0 Å². The van der Waals surface area contributed by atoms with Crippen LogP contribution < -0.4 is 14.8 Å². The summed E-state index contributed by atoms with van der Waals surface area (Å²) in [5, 5.41) is 0.715. The molecule has 2 fully saturated rings. The van der Waals surface area contributed by atoms with E-state index in [4.69, 9.17) is 9.92 Å². The van der Waals surface area contributed by atoms with E-state index in [9.17, 15) is 17.6 Å². The lowest BCUT2D eigenvalue weighted by atomic mass is 10.1. The van der Waals surface area contributed by atoms with Crippen LogP contribution >= 0.6 is 0 Å². The Bertz CT molecular complexity index is 1330. The highest BCUT2D eigenvalue weighted by Gasteiger charge is 2.38. The second-order valence-electron chi connectivity index (χ2n) is 8.55. The fourth-order valence-electron chi connectivity index (χ4n) is 4.59. The van der Waals surface area contributed by atoms with Crippen LogP contribution in [0.5, 0.6) is 5.75 Å². The molecule has 2 aliphatic rings. The van der Waals surface area contributed by atoms with Gasteiger partial charge >= 0.3 is 10.1 Å². The molecule has 2 atom stereocenters. The standard InChI is InChI=1S/C23H24FN5O4S/c24-15-4-7-17(8-5-15)34(31,32)33-16-6-9-18-20(11-16)26-14-27-23(18)28-12-19(25)21(13-28)29-10-2-1-3-22(29)30/h4-9,11,14,19,21H,1-3,10,12-13,25H2/t19-,21-/m0/s1. The zero-order valence-electron chi connectivity index (χ0n) is 18.3. The van der Waals surface area contributed by atoms with Crippen LogP contribution in [0.25, 0.3) is 10.9 Å². The van der Waals surface area contributed by atoms with E-state index < -0.39 is 15.9 Å². The Morgan fingerprint density at radius 1 is 1.06 bits per heavy atom. The summed E-state index contributed by atoms with van der Waals surface area (Å²) in [6.45, 7) is 1.83. The third-order valence-electron chi connectivity index (χ3n) is 6.29. The Morgan fingerprint density at radius 3 is 2.62 bits per heavy atom. The van der Waals surface area contributed by atoms with Crippen molar-refractivity contribution in [2.45, 2.75) is 36.2 Å². The Hall–Kier alpha value is -3.31. The van der Waals surface area contributed by atoms with Gasteiger partial charge in [-0.15, -0.1) is 0 Å². The molecule has 0 aliphatic carbocycles. The first-order valence-corrected chi connectivity index (χ1v) is 12.5. The highest BCUT2D eigenvalue weighted by Crippen LogP contribution is 2.31. The van der Waals surface area contributed by atoms with Crippen LogP contribution in [-0.4, -0.2) is 60.9 Å². The molecule has 3 heterocycles. The molecule has 0 bridgehead atoms. The predicted molar refractivity (Wildman–Crippen MR) is 123 cm³/mol. The number of amides is 1. The second kappa shape index (κ2) is 8.80. The van der Waals surface area contributed by atoms with Gasteiger partial charge in [-0.3, -0.25) is 4.79 Å². The minimum Gasteiger partial charge on any atom is -0.379 e. The average molecular weight is 486 g/mol. The van der Waals surface area contributed by atoms with Crippen molar-refractivity contribution < 1.29 is 21.8 Å². The van der Waals surface area contributed by atoms with Crippen molar-refractivity contribution in [3.05, 3.63) is 54.6 Å². The smallest absolute Gasteiger partial charge is 0.339 e. The number of hydrogen-bond acceptors (Lipinski definition) is 8. The van der Waals surface area contributed by atoms with E-state index in [2.05, 4.69) is 9.97 Å². The Kier molecular flexibility index (Phi) is 5.82. The van der Waals surface area contributed by atoms with Gasteiger partial charge in [0.15, 0.2) is 0 Å². The molecule has 11 heteroatoms. The van der Waals surface area contributed by atoms with E-state index in [1.165, 1.54) is 18.5 Å². The van der Waals surface area contributed by atoms with Crippen LogP contribution in [0.15, 0.2) is 53.7 Å². The molecule has 178 valence electrons. The van der Waals surface area contributed by atoms with Crippen molar-refractivity contribution >= 4 is 32.7 Å². The van der Waals surface area contributed by atoms with Crippen molar-refractivity contribution in [1.29, 1.82) is 0 Å². The van der Waals surface area contributed by atoms with Crippen molar-refractivity contribution in [3.63, 3.8) is 0 Å². The van der Waals surface area contributed by atoms with E-state index in [0.29, 0.717) is 36.2 Å². The molecular weight excluding hydrogens is 461 g/mol. The number of carbonyl (C=O) groups excluding carboxylic acids is 1. The number of rotatable bonds is 5. The lowest BCUT2D eigenvalue weighted by molar-refractivity contribution is -0.135. The lowest BCUT2D eigenvalue weighted by Crippen LogP contribution is -2.51. The zero-order chi connectivity index (χ0) is 23.9. The Balaban J connectivity index is 1.39. The molecule has 34 heavy (non-hydrogen) atoms. The van der Waals surface area contributed by atoms with Gasteiger partial charge in [0.2, 0.25) is 5.91 Å². The summed E-state index contributed by atoms with van der Waals surface area (Å²) in [6, 6.07) is 8.87. The lowest BCUT2D eigenvalue weighted by Gasteiger charge is -2.34. The van der Waals surface area contributed by atoms with E-state index in [0.717, 1.165) is 43.7 Å². The number of nitrogens with two attached hydrogens (primary N) is 1. The number of benzene rings is 2. The zero-order valence-corrected chi connectivity index (χ0v) is 19.1. The highest BCUT2D eigenvalue weighted by molar-refractivity contribution is 7.87. The first-order chi connectivity index (χ1) is 16.3. The summed E-state index contributed by atoms with van der Waals surface area (Å²) < 4.78 is 43.5. The number of anilines is 1. The molecule has 5 rings (SSSR count). The SMILES string of the molecule is N[C@H]1CN(c2ncnc3cc(OS(=O)(=O)c4ccc(F)cc4)ccc23)C[C@@H]1N1CCCCC1=O. The van der Waals surface area contributed by atoms with E-state index in [1.54, 1.807) is 6.07 Å². The highest BCUT2D eigenvalue weighted by atomic mass is 32.2. The number of nitrogens with zero attached hydrogens (tertiary/aromatic N) is 4. The maximum Gasteiger partial charge on any atom is 0.339 e. The van der Waals surface area contributed by atoms with Crippen LogP contribution in [0.4, 0.5) is 10.2 Å². The molecule has 0 radical (unpaired) electrons. The fourth-order valence-corrected chi connectivity index (χ4v) is 5.52. The van der Waals surface area contributed by atoms with Gasteiger partial charge in [-0.25, -0.2) is 14.4 Å². The Morgan fingerprint density at radius 2 is 1.85 bits per heavy atom. The van der Waals surface area contributed by atoms with Gasteiger partial charge in [0.25, 0.3) is 0 Å². The number of fused-ring (bicyclic) bond motifs is 1. The summed E-state index contributed by atoms with van der Waals surface area (Å²) in [7, 11) is -4.13. The number of aromatic nitrogens is 2. The van der Waals surface area contributed by atoms with Gasteiger partial charge < -0.3 is 19.7 Å². The minimum atomic E-state index is -4.13. The fraction of sp³-hybridized carbons (Fsp3) is 0.348. The van der Waals surface area contributed by atoms with Crippen LogP contribution in [0.1, 0.15) is 19.3 Å². The number of carbonyl (C=O) groups is 1. The summed E-state index contributed by atoms with van der Waals surface area (Å²) in [5.41, 5.74) is 6.92. The van der Waals surface area contributed by atoms with Crippen molar-refractivity contribution in [2.75, 3.05) is 24.5 Å². The van der Waals surface area contributed by atoms with Crippen LogP contribution in [0, 0.1) is 5.82 Å². The number of halogens is 1. The van der Waals surface area contributed by atoms with Crippen LogP contribution in [-0.2, 0) is 14.9 Å². The van der Waals surface area contributed by atoms with Crippen molar-refractivity contribution in [2.24, 2.45) is 5.73 Å². The second-order valence-corrected chi connectivity index (χ2v) is 10.1. The molecule has 2 aromatic carbocycles. The van der Waals surface area contributed by atoms with E-state index in [-0.39, 0.29) is 28.6 Å². The molecule has 2 N–H and O–H groups in total. The number of piperidine rings is 1. The van der Waals surface area contributed by atoms with Gasteiger partial charge in [-0.2, -0.15) is 8.42 Å². The predicted octanol–water partition coefficient (Wildman–Crippen LogP) is 2.06. The minimum absolute atomic E-state index is 0.0800. The maximum atomic E-state index is 13.1. The van der Waals surface area contributed by atoms with Crippen LogP contribution in [0.2, 0.25) is 0 Å². The van der Waals surface area contributed by atoms with Crippen molar-refractivity contribution in [3.8, 4) is 5.75 Å². The molecule has 1 aromatic heterocycles. The molecular formula is C23H24FN5O4S. The first-order valence-electron chi connectivity index (χ1n) is 11.1. The molecule has 0 unspecified atom stereocenters. The molecule has 2 aliphatic heterocycles. The summed E-state index contributed by atoms with van der Waals surface area (Å²) >= 11 is 0.